The van der Waals surface area contributed by atoms with Gasteiger partial charge in [0, 0.05) is 30.9 Å². The molecular formula is C16H23N3O2. The van der Waals surface area contributed by atoms with E-state index in [0.717, 1.165) is 18.6 Å². The van der Waals surface area contributed by atoms with Gasteiger partial charge in [-0.15, -0.1) is 0 Å². The highest BCUT2D eigenvalue weighted by Crippen LogP contribution is 2.18. The molecule has 2 aromatic heterocycles. The molecule has 0 radical (unpaired) electrons. The molecule has 0 aliphatic rings. The third kappa shape index (κ3) is 4.21. The van der Waals surface area contributed by atoms with Gasteiger partial charge in [-0.05, 0) is 51.8 Å². The first-order valence-corrected chi connectivity index (χ1v) is 7.24. The Kier molecular flexibility index (Phi) is 4.50. The van der Waals surface area contributed by atoms with Crippen LogP contribution in [-0.4, -0.2) is 27.8 Å². The molecule has 0 aliphatic heterocycles. The van der Waals surface area contributed by atoms with E-state index in [4.69, 9.17) is 4.74 Å². The summed E-state index contributed by atoms with van der Waals surface area (Å²) in [5.74, 6) is 0. The van der Waals surface area contributed by atoms with Gasteiger partial charge in [0.05, 0.1) is 0 Å². The van der Waals surface area contributed by atoms with Crippen molar-refractivity contribution in [2.75, 3.05) is 6.54 Å². The molecule has 0 aromatic carbocycles. The van der Waals surface area contributed by atoms with Crippen LogP contribution in [0.15, 0.2) is 24.5 Å². The number of nitrogens with one attached hydrogen (secondary N) is 1. The van der Waals surface area contributed by atoms with Gasteiger partial charge in [-0.1, -0.05) is 0 Å². The van der Waals surface area contributed by atoms with Gasteiger partial charge in [0.2, 0.25) is 0 Å². The van der Waals surface area contributed by atoms with Crippen molar-refractivity contribution in [3.63, 3.8) is 0 Å². The number of carbonyl (C=O) groups excluding carboxylic acids is 1. The zero-order chi connectivity index (χ0) is 15.5. The quantitative estimate of drug-likeness (QED) is 0.879. The highest BCUT2D eigenvalue weighted by Gasteiger charge is 2.15. The summed E-state index contributed by atoms with van der Waals surface area (Å²) in [7, 11) is 0. The first-order valence-electron chi connectivity index (χ1n) is 7.24. The third-order valence-corrected chi connectivity index (χ3v) is 3.08. The fourth-order valence-electron chi connectivity index (χ4n) is 2.22. The minimum Gasteiger partial charge on any atom is -0.444 e. The molecule has 0 saturated carbocycles. The van der Waals surface area contributed by atoms with Crippen LogP contribution >= 0.6 is 0 Å². The smallest absolute Gasteiger partial charge is 0.407 e. The molecule has 114 valence electrons. The zero-order valence-corrected chi connectivity index (χ0v) is 13.1. The predicted molar refractivity (Wildman–Crippen MR) is 83.3 cm³/mol. The van der Waals surface area contributed by atoms with Crippen molar-refractivity contribution in [3.8, 4) is 0 Å². The monoisotopic (exact) mass is 289 g/mol. The van der Waals surface area contributed by atoms with E-state index in [1.165, 1.54) is 10.9 Å². The second-order valence-corrected chi connectivity index (χ2v) is 6.16. The Hall–Kier alpha value is -2.04. The second kappa shape index (κ2) is 6.16. The number of ether oxygens (including phenoxy) is 1. The van der Waals surface area contributed by atoms with E-state index in [1.54, 1.807) is 6.20 Å². The highest BCUT2D eigenvalue weighted by atomic mass is 16.6. The zero-order valence-electron chi connectivity index (χ0n) is 13.1. The Morgan fingerprint density at radius 1 is 1.43 bits per heavy atom. The number of aryl methyl sites for hydroxylation is 2. The minimum atomic E-state index is -0.457. The summed E-state index contributed by atoms with van der Waals surface area (Å²) in [5, 5.41) is 3.95. The van der Waals surface area contributed by atoms with Crippen LogP contribution in [0, 0.1) is 6.92 Å². The molecule has 0 atom stereocenters. The van der Waals surface area contributed by atoms with Crippen LogP contribution in [0.5, 0.6) is 0 Å². The molecule has 0 bridgehead atoms. The van der Waals surface area contributed by atoms with Crippen molar-refractivity contribution < 1.29 is 9.53 Å². The van der Waals surface area contributed by atoms with E-state index in [9.17, 15) is 4.79 Å². The average Bonchev–Trinajstić information content (AvgIpc) is 2.70. The van der Waals surface area contributed by atoms with Gasteiger partial charge >= 0.3 is 6.09 Å². The Bertz CT molecular complexity index is 626. The van der Waals surface area contributed by atoms with Gasteiger partial charge < -0.3 is 14.6 Å². The summed E-state index contributed by atoms with van der Waals surface area (Å²) >= 11 is 0. The molecular weight excluding hydrogens is 266 g/mol. The molecule has 2 rings (SSSR count). The van der Waals surface area contributed by atoms with E-state index in [-0.39, 0.29) is 6.09 Å². The maximum Gasteiger partial charge on any atom is 0.407 e. The normalized spacial score (nSPS) is 11.6. The van der Waals surface area contributed by atoms with Crippen molar-refractivity contribution in [2.45, 2.75) is 46.3 Å². The molecule has 5 nitrogen and oxygen atoms in total. The SMILES string of the molecule is Cc1cn(CCCNC(=O)OC(C)(C)C)c2ncccc12. The van der Waals surface area contributed by atoms with Crippen LogP contribution in [-0.2, 0) is 11.3 Å². The number of fused-ring (bicyclic) bond motifs is 1. The van der Waals surface area contributed by atoms with Crippen LogP contribution in [0.2, 0.25) is 0 Å². The van der Waals surface area contributed by atoms with Crippen LogP contribution in [0.25, 0.3) is 11.0 Å². The largest absolute Gasteiger partial charge is 0.444 e. The number of hydrogen-bond donors (Lipinski definition) is 1. The number of nitrogens with zero attached hydrogens (tertiary/aromatic N) is 2. The lowest BCUT2D eigenvalue weighted by Crippen LogP contribution is -2.33. The highest BCUT2D eigenvalue weighted by molar-refractivity contribution is 5.79. The van der Waals surface area contributed by atoms with Gasteiger partial charge in [0.15, 0.2) is 0 Å². The van der Waals surface area contributed by atoms with E-state index in [1.807, 2.05) is 26.8 Å². The lowest BCUT2D eigenvalue weighted by atomic mass is 10.2. The van der Waals surface area contributed by atoms with Crippen LogP contribution in [0.1, 0.15) is 32.8 Å². The number of pyridine rings is 1. The summed E-state index contributed by atoms with van der Waals surface area (Å²) < 4.78 is 7.32. The van der Waals surface area contributed by atoms with Gasteiger partial charge in [0.1, 0.15) is 11.2 Å². The van der Waals surface area contributed by atoms with Gasteiger partial charge in [-0.25, -0.2) is 9.78 Å². The van der Waals surface area contributed by atoms with Crippen LogP contribution < -0.4 is 5.32 Å². The van der Waals surface area contributed by atoms with E-state index in [2.05, 4.69) is 34.1 Å². The van der Waals surface area contributed by atoms with Gasteiger partial charge in [-0.2, -0.15) is 0 Å². The second-order valence-electron chi connectivity index (χ2n) is 6.16. The maximum absolute atomic E-state index is 11.5. The standard InChI is InChI=1S/C16H23N3O2/c1-12-11-19(14-13(12)7-5-8-17-14)10-6-9-18-15(20)21-16(2,3)4/h5,7-8,11H,6,9-10H2,1-4H3,(H,18,20). The van der Waals surface area contributed by atoms with Gasteiger partial charge in [0.25, 0.3) is 0 Å². The Morgan fingerprint density at radius 2 is 2.19 bits per heavy atom. The lowest BCUT2D eigenvalue weighted by Gasteiger charge is -2.19. The number of rotatable bonds is 4. The van der Waals surface area contributed by atoms with Crippen LogP contribution in [0.3, 0.4) is 0 Å². The first kappa shape index (κ1) is 15.4. The number of alkyl carbamates (subject to hydrolysis) is 1. The van der Waals surface area contributed by atoms with E-state index < -0.39 is 5.60 Å². The Morgan fingerprint density at radius 3 is 2.90 bits per heavy atom. The Labute approximate surface area is 125 Å². The van der Waals surface area contributed by atoms with Crippen LogP contribution in [0.4, 0.5) is 4.79 Å². The maximum atomic E-state index is 11.5. The van der Waals surface area contributed by atoms with Crippen molar-refractivity contribution in [2.24, 2.45) is 0 Å². The van der Waals surface area contributed by atoms with Crippen molar-refractivity contribution in [1.82, 2.24) is 14.9 Å². The predicted octanol–water partition coefficient (Wildman–Crippen LogP) is 3.26. The summed E-state index contributed by atoms with van der Waals surface area (Å²) in [5.41, 5.74) is 1.76. The topological polar surface area (TPSA) is 56.2 Å². The van der Waals surface area contributed by atoms with E-state index >= 15 is 0 Å². The van der Waals surface area contributed by atoms with Gasteiger partial charge in [-0.3, -0.25) is 0 Å². The molecule has 0 fully saturated rings. The van der Waals surface area contributed by atoms with E-state index in [0.29, 0.717) is 6.54 Å². The number of carbonyl (C=O) groups is 1. The molecule has 1 N–H and O–H groups in total. The first-order chi connectivity index (χ1) is 9.87. The molecule has 0 spiro atoms. The molecule has 0 aliphatic carbocycles. The minimum absolute atomic E-state index is 0.367. The Balaban J connectivity index is 1.85. The molecule has 1 amide bonds. The number of hydrogen-bond acceptors (Lipinski definition) is 3. The van der Waals surface area contributed by atoms with Crippen molar-refractivity contribution in [1.29, 1.82) is 0 Å². The molecule has 5 heteroatoms. The van der Waals surface area contributed by atoms with Crippen molar-refractivity contribution >= 4 is 17.1 Å². The molecule has 2 heterocycles. The molecule has 0 unspecified atom stereocenters. The molecule has 0 saturated heterocycles. The average molecular weight is 289 g/mol. The fraction of sp³-hybridized carbons (Fsp3) is 0.500. The molecule has 2 aromatic rings. The summed E-state index contributed by atoms with van der Waals surface area (Å²) in [4.78, 5) is 15.9. The number of amides is 1. The third-order valence-electron chi connectivity index (χ3n) is 3.08. The van der Waals surface area contributed by atoms with Crippen molar-refractivity contribution in [3.05, 3.63) is 30.1 Å². The summed E-state index contributed by atoms with van der Waals surface area (Å²) in [6.07, 6.45) is 4.37. The molecule has 21 heavy (non-hydrogen) atoms. The summed E-state index contributed by atoms with van der Waals surface area (Å²) in [6.45, 7) is 9.05. The number of aromatic nitrogens is 2. The summed E-state index contributed by atoms with van der Waals surface area (Å²) in [6, 6.07) is 4.02. The lowest BCUT2D eigenvalue weighted by molar-refractivity contribution is 0.0527. The fourth-order valence-corrected chi connectivity index (χ4v) is 2.22.